The van der Waals surface area contributed by atoms with Crippen LogP contribution in [-0.2, 0) is 4.79 Å². The number of carbonyl (C=O) groups is 1. The number of aryl methyl sites for hydroxylation is 1. The van der Waals surface area contributed by atoms with Gasteiger partial charge in [-0.1, -0.05) is 57.5 Å². The fourth-order valence-corrected chi connectivity index (χ4v) is 1.98. The lowest BCUT2D eigenvalue weighted by molar-refractivity contribution is -0.122. The summed E-state index contributed by atoms with van der Waals surface area (Å²) in [6.45, 7) is 10.3. The summed E-state index contributed by atoms with van der Waals surface area (Å²) in [5.74, 6) is 0.0276. The highest BCUT2D eigenvalue weighted by molar-refractivity contribution is 5.77. The molecule has 0 radical (unpaired) electrons. The fourth-order valence-electron chi connectivity index (χ4n) is 1.98. The number of benzene rings is 1. The molecule has 0 saturated heterocycles. The molecule has 3 nitrogen and oxygen atoms in total. The van der Waals surface area contributed by atoms with E-state index in [0.29, 0.717) is 6.42 Å². The van der Waals surface area contributed by atoms with Gasteiger partial charge in [-0.25, -0.2) is 0 Å². The lowest BCUT2D eigenvalue weighted by Gasteiger charge is -2.27. The van der Waals surface area contributed by atoms with Gasteiger partial charge in [-0.15, -0.1) is 0 Å². The number of hydrogen-bond donors (Lipinski definition) is 2. The zero-order valence-corrected chi connectivity index (χ0v) is 13.4. The number of nitrogens with one attached hydrogen (secondary N) is 1. The van der Waals surface area contributed by atoms with Gasteiger partial charge in [-0.3, -0.25) is 4.79 Å². The molecule has 0 saturated carbocycles. The number of rotatable bonds is 5. The highest BCUT2D eigenvalue weighted by atomic mass is 16.1. The molecule has 0 heterocycles. The summed E-state index contributed by atoms with van der Waals surface area (Å²) in [4.78, 5) is 12.1. The Labute approximate surface area is 122 Å². The van der Waals surface area contributed by atoms with Crippen LogP contribution in [0, 0.1) is 12.3 Å². The molecular formula is C17H28N2O. The molecule has 1 amide bonds. The van der Waals surface area contributed by atoms with Gasteiger partial charge in [-0.05, 0) is 24.3 Å². The Balaban J connectivity index is 2.65. The summed E-state index contributed by atoms with van der Waals surface area (Å²) >= 11 is 0. The standard InChI is InChI=1S/C17H28N2O/c1-6-14(13-9-7-12(2)8-10-13)19-16(20)11-15(18)17(3,4)5/h7-10,14-15H,6,11,18H2,1-5H3,(H,19,20). The summed E-state index contributed by atoms with van der Waals surface area (Å²) in [6.07, 6.45) is 1.24. The topological polar surface area (TPSA) is 55.1 Å². The molecule has 1 aromatic rings. The van der Waals surface area contributed by atoms with Crippen molar-refractivity contribution in [3.8, 4) is 0 Å². The molecule has 0 bridgehead atoms. The van der Waals surface area contributed by atoms with Crippen molar-refractivity contribution < 1.29 is 4.79 Å². The summed E-state index contributed by atoms with van der Waals surface area (Å²) in [7, 11) is 0. The average molecular weight is 276 g/mol. The maximum atomic E-state index is 12.1. The van der Waals surface area contributed by atoms with Crippen LogP contribution in [0.25, 0.3) is 0 Å². The van der Waals surface area contributed by atoms with Crippen LogP contribution in [0.1, 0.15) is 57.7 Å². The Morgan fingerprint density at radius 1 is 1.25 bits per heavy atom. The molecule has 0 aliphatic carbocycles. The van der Waals surface area contributed by atoms with Crippen LogP contribution in [0.5, 0.6) is 0 Å². The summed E-state index contributed by atoms with van der Waals surface area (Å²) in [6, 6.07) is 8.24. The normalized spacial score (nSPS) is 14.7. The van der Waals surface area contributed by atoms with Gasteiger partial charge < -0.3 is 11.1 Å². The Kier molecular flexibility index (Phi) is 5.75. The Hall–Kier alpha value is -1.35. The monoisotopic (exact) mass is 276 g/mol. The highest BCUT2D eigenvalue weighted by Crippen LogP contribution is 2.21. The molecule has 3 N–H and O–H groups in total. The van der Waals surface area contributed by atoms with E-state index in [2.05, 4.69) is 64.2 Å². The molecule has 0 aliphatic heterocycles. The fraction of sp³-hybridized carbons (Fsp3) is 0.588. The van der Waals surface area contributed by atoms with Crippen LogP contribution in [0.4, 0.5) is 0 Å². The number of nitrogens with two attached hydrogens (primary N) is 1. The highest BCUT2D eigenvalue weighted by Gasteiger charge is 2.24. The molecule has 0 aromatic heterocycles. The van der Waals surface area contributed by atoms with Gasteiger partial charge in [0.05, 0.1) is 6.04 Å². The number of carbonyl (C=O) groups excluding carboxylic acids is 1. The SMILES string of the molecule is CCC(NC(=O)CC(N)C(C)(C)C)c1ccc(C)cc1. The summed E-state index contributed by atoms with van der Waals surface area (Å²) < 4.78 is 0. The molecule has 3 heteroatoms. The zero-order valence-electron chi connectivity index (χ0n) is 13.4. The van der Waals surface area contributed by atoms with Crippen molar-refractivity contribution in [3.63, 3.8) is 0 Å². The molecule has 0 fully saturated rings. The van der Waals surface area contributed by atoms with Gasteiger partial charge in [0.2, 0.25) is 5.91 Å². The molecule has 1 aromatic carbocycles. The van der Waals surface area contributed by atoms with Crippen molar-refractivity contribution in [1.29, 1.82) is 0 Å². The predicted octanol–water partition coefficient (Wildman–Crippen LogP) is 3.33. The molecule has 112 valence electrons. The van der Waals surface area contributed by atoms with E-state index in [1.54, 1.807) is 0 Å². The van der Waals surface area contributed by atoms with Crippen molar-refractivity contribution >= 4 is 5.91 Å². The average Bonchev–Trinajstić information content (AvgIpc) is 2.36. The predicted molar refractivity (Wildman–Crippen MR) is 84.4 cm³/mol. The van der Waals surface area contributed by atoms with Gasteiger partial charge in [0.15, 0.2) is 0 Å². The van der Waals surface area contributed by atoms with E-state index < -0.39 is 0 Å². The quantitative estimate of drug-likeness (QED) is 0.866. The minimum absolute atomic E-state index is 0.0276. The van der Waals surface area contributed by atoms with E-state index >= 15 is 0 Å². The zero-order chi connectivity index (χ0) is 15.3. The third-order valence-electron chi connectivity index (χ3n) is 3.74. The van der Waals surface area contributed by atoms with E-state index in [-0.39, 0.29) is 23.4 Å². The van der Waals surface area contributed by atoms with E-state index in [1.807, 2.05) is 0 Å². The van der Waals surface area contributed by atoms with Crippen LogP contribution in [0.3, 0.4) is 0 Å². The Bertz CT molecular complexity index is 431. The summed E-state index contributed by atoms with van der Waals surface area (Å²) in [5, 5.41) is 3.09. The second-order valence-electron chi connectivity index (χ2n) is 6.62. The molecule has 0 aliphatic rings. The van der Waals surface area contributed by atoms with Gasteiger partial charge in [0, 0.05) is 12.5 Å². The van der Waals surface area contributed by atoms with E-state index in [1.165, 1.54) is 5.56 Å². The molecule has 2 unspecified atom stereocenters. The number of amides is 1. The van der Waals surface area contributed by atoms with E-state index in [9.17, 15) is 4.79 Å². The molecule has 20 heavy (non-hydrogen) atoms. The van der Waals surface area contributed by atoms with Crippen LogP contribution in [0.15, 0.2) is 24.3 Å². The van der Waals surface area contributed by atoms with Gasteiger partial charge >= 0.3 is 0 Å². The van der Waals surface area contributed by atoms with Crippen molar-refractivity contribution in [2.24, 2.45) is 11.1 Å². The smallest absolute Gasteiger partial charge is 0.222 e. The Morgan fingerprint density at radius 2 is 1.80 bits per heavy atom. The van der Waals surface area contributed by atoms with Gasteiger partial charge in [0.1, 0.15) is 0 Å². The second kappa shape index (κ2) is 6.89. The van der Waals surface area contributed by atoms with Crippen LogP contribution in [0.2, 0.25) is 0 Å². The first-order valence-corrected chi connectivity index (χ1v) is 7.35. The Morgan fingerprint density at radius 3 is 2.25 bits per heavy atom. The molecule has 1 rings (SSSR count). The van der Waals surface area contributed by atoms with Crippen molar-refractivity contribution in [3.05, 3.63) is 35.4 Å². The largest absolute Gasteiger partial charge is 0.349 e. The van der Waals surface area contributed by atoms with Gasteiger partial charge in [-0.2, -0.15) is 0 Å². The summed E-state index contributed by atoms with van der Waals surface area (Å²) in [5.41, 5.74) is 8.39. The first kappa shape index (κ1) is 16.7. The minimum Gasteiger partial charge on any atom is -0.349 e. The van der Waals surface area contributed by atoms with E-state index in [0.717, 1.165) is 12.0 Å². The van der Waals surface area contributed by atoms with Crippen LogP contribution < -0.4 is 11.1 Å². The first-order valence-electron chi connectivity index (χ1n) is 7.35. The lowest BCUT2D eigenvalue weighted by Crippen LogP contribution is -2.40. The maximum Gasteiger partial charge on any atom is 0.222 e. The molecular weight excluding hydrogens is 248 g/mol. The number of hydrogen-bond acceptors (Lipinski definition) is 2. The van der Waals surface area contributed by atoms with Gasteiger partial charge in [0.25, 0.3) is 0 Å². The first-order chi connectivity index (χ1) is 9.24. The minimum atomic E-state index is -0.127. The lowest BCUT2D eigenvalue weighted by atomic mass is 9.85. The van der Waals surface area contributed by atoms with Crippen LogP contribution in [-0.4, -0.2) is 11.9 Å². The van der Waals surface area contributed by atoms with E-state index in [4.69, 9.17) is 5.73 Å². The van der Waals surface area contributed by atoms with Crippen LogP contribution >= 0.6 is 0 Å². The van der Waals surface area contributed by atoms with Crippen molar-refractivity contribution in [1.82, 2.24) is 5.32 Å². The molecule has 2 atom stereocenters. The third kappa shape index (κ3) is 4.97. The second-order valence-corrected chi connectivity index (χ2v) is 6.62. The molecule has 0 spiro atoms. The van der Waals surface area contributed by atoms with Crippen molar-refractivity contribution in [2.45, 2.75) is 59.5 Å². The third-order valence-corrected chi connectivity index (χ3v) is 3.74. The maximum absolute atomic E-state index is 12.1. The van der Waals surface area contributed by atoms with Crippen molar-refractivity contribution in [2.75, 3.05) is 0 Å².